The first-order chi connectivity index (χ1) is 20.4. The summed E-state index contributed by atoms with van der Waals surface area (Å²) in [5, 5.41) is 34.0. The van der Waals surface area contributed by atoms with Crippen LogP contribution in [0.2, 0.25) is 0 Å². The highest BCUT2D eigenvalue weighted by atomic mass is 31.2. The maximum absolute atomic E-state index is 8.39. The molecule has 0 aliphatic heterocycles. The minimum atomic E-state index is -0.863. The Morgan fingerprint density at radius 2 is 1.12 bits per heavy atom. The fraction of sp³-hybridized carbons (Fsp3) is 0.885. The average Bonchev–Trinajstić information content (AvgIpc) is 2.99. The summed E-state index contributed by atoms with van der Waals surface area (Å²) in [5.74, 6) is 0. The van der Waals surface area contributed by atoms with Crippen LogP contribution in [0.4, 0.5) is 0 Å². The van der Waals surface area contributed by atoms with Crippen LogP contribution in [-0.4, -0.2) is 106 Å². The van der Waals surface area contributed by atoms with Gasteiger partial charge in [-0.05, 0) is 46.8 Å². The fourth-order valence-corrected chi connectivity index (χ4v) is 5.62. The molecule has 1 fully saturated rings. The number of nitriles is 3. The predicted molar refractivity (Wildman–Crippen MR) is 169 cm³/mol. The Kier molecular flexibility index (Phi) is 36.1. The van der Waals surface area contributed by atoms with E-state index in [1.807, 2.05) is 46.2 Å². The third-order valence-corrected chi connectivity index (χ3v) is 8.50. The fourth-order valence-electron chi connectivity index (χ4n) is 3.09. The zero-order valence-corrected chi connectivity index (χ0v) is 29.0. The van der Waals surface area contributed by atoms with Crippen LogP contribution in [0.3, 0.4) is 0 Å². The lowest BCUT2D eigenvalue weighted by Crippen LogP contribution is -2.32. The number of likely N-dealkylation sites (N-methyl/N-ethyl adjacent to an activating group) is 1. The molecule has 42 heavy (non-hydrogen) atoms. The molecular weight excluding hydrogens is 601 g/mol. The van der Waals surface area contributed by atoms with Crippen LogP contribution < -0.4 is 16.0 Å². The number of hydrogen-bond acceptors (Lipinski definition) is 13. The molecule has 0 aromatic heterocycles. The van der Waals surface area contributed by atoms with Gasteiger partial charge in [-0.15, -0.1) is 0 Å². The molecule has 3 atom stereocenters. The first kappa shape index (κ1) is 43.5. The summed E-state index contributed by atoms with van der Waals surface area (Å²) in [6.07, 6.45) is 6.22. The number of nitrogens with one attached hydrogen (secondary N) is 3. The molecule has 3 unspecified atom stereocenters. The predicted octanol–water partition coefficient (Wildman–Crippen LogP) is 4.57. The molecule has 1 rings (SSSR count). The third-order valence-electron chi connectivity index (χ3n) is 5.23. The Balaban J connectivity index is 0. The van der Waals surface area contributed by atoms with Gasteiger partial charge in [-0.25, -0.2) is 0 Å². The Morgan fingerprint density at radius 3 is 1.60 bits per heavy atom. The van der Waals surface area contributed by atoms with Gasteiger partial charge in [-0.1, -0.05) is 0 Å². The average molecular weight is 655 g/mol. The molecule has 1 saturated carbocycles. The van der Waals surface area contributed by atoms with Crippen molar-refractivity contribution >= 4 is 25.1 Å². The molecular formula is C26H53N6O7P3. The molecule has 0 saturated heterocycles. The molecule has 1 aliphatic carbocycles. The van der Waals surface area contributed by atoms with Crippen LogP contribution in [0, 0.1) is 34.0 Å². The van der Waals surface area contributed by atoms with Crippen molar-refractivity contribution in [2.75, 3.05) is 94.1 Å². The highest BCUT2D eigenvalue weighted by Gasteiger charge is 2.22. The van der Waals surface area contributed by atoms with E-state index in [0.29, 0.717) is 77.8 Å². The summed E-state index contributed by atoms with van der Waals surface area (Å²) >= 11 is 0. The normalized spacial score (nSPS) is 18.1. The Bertz CT molecular complexity index is 707. The van der Waals surface area contributed by atoms with Gasteiger partial charge >= 0.3 is 0 Å². The lowest BCUT2D eigenvalue weighted by molar-refractivity contribution is 0.101. The molecule has 0 aromatic carbocycles. The zero-order valence-electron chi connectivity index (χ0n) is 26.3. The second-order valence-corrected chi connectivity index (χ2v) is 12.7. The van der Waals surface area contributed by atoms with E-state index in [1.54, 1.807) is 7.05 Å². The lowest BCUT2D eigenvalue weighted by atomic mass is 9.93. The van der Waals surface area contributed by atoms with Crippen molar-refractivity contribution in [2.24, 2.45) is 0 Å². The molecule has 244 valence electrons. The topological polar surface area (TPSA) is 172 Å². The van der Waals surface area contributed by atoms with Gasteiger partial charge in [0.1, 0.15) is 6.73 Å². The van der Waals surface area contributed by atoms with Crippen LogP contribution in [0.25, 0.3) is 0 Å². The summed E-state index contributed by atoms with van der Waals surface area (Å²) < 4.78 is 37.5. The van der Waals surface area contributed by atoms with Gasteiger partial charge in [0.05, 0.1) is 83.2 Å². The summed E-state index contributed by atoms with van der Waals surface area (Å²) in [4.78, 5) is 0. The van der Waals surface area contributed by atoms with Crippen molar-refractivity contribution in [3.63, 3.8) is 0 Å². The van der Waals surface area contributed by atoms with E-state index in [2.05, 4.69) is 22.0 Å². The van der Waals surface area contributed by atoms with Crippen LogP contribution in [0.5, 0.6) is 0 Å². The van der Waals surface area contributed by atoms with Gasteiger partial charge in [0.15, 0.2) is 25.1 Å². The van der Waals surface area contributed by atoms with E-state index < -0.39 is 25.1 Å². The number of ether oxygens (including phenoxy) is 1. The van der Waals surface area contributed by atoms with Crippen molar-refractivity contribution in [3.8, 4) is 18.2 Å². The van der Waals surface area contributed by atoms with Gasteiger partial charge in [-0.2, -0.15) is 15.8 Å². The number of rotatable bonds is 22. The van der Waals surface area contributed by atoms with Crippen molar-refractivity contribution in [1.82, 2.24) is 16.0 Å². The molecule has 0 aromatic rings. The highest BCUT2D eigenvalue weighted by Crippen LogP contribution is 2.39. The van der Waals surface area contributed by atoms with E-state index in [1.165, 1.54) is 12.8 Å². The molecule has 0 radical (unpaired) electrons. The van der Waals surface area contributed by atoms with Crippen LogP contribution in [0.15, 0.2) is 0 Å². The Morgan fingerprint density at radius 1 is 0.619 bits per heavy atom. The summed E-state index contributed by atoms with van der Waals surface area (Å²) in [6.45, 7) is 10.3. The number of hydrogen-bond donors (Lipinski definition) is 3. The van der Waals surface area contributed by atoms with E-state index >= 15 is 0 Å². The second-order valence-electron chi connectivity index (χ2n) is 8.59. The van der Waals surface area contributed by atoms with Gasteiger partial charge in [0.2, 0.25) is 0 Å². The van der Waals surface area contributed by atoms with Crippen LogP contribution in [0.1, 0.15) is 44.9 Å². The monoisotopic (exact) mass is 654 g/mol. The molecule has 13 nitrogen and oxygen atoms in total. The third kappa shape index (κ3) is 32.3. The molecule has 0 spiro atoms. The lowest BCUT2D eigenvalue weighted by Gasteiger charge is -2.29. The van der Waals surface area contributed by atoms with Gasteiger partial charge in [0.25, 0.3) is 0 Å². The maximum Gasteiger partial charge on any atom is 0.168 e. The largest absolute Gasteiger partial charge is 0.378 e. The highest BCUT2D eigenvalue weighted by molar-refractivity contribution is 7.46. The Labute approximate surface area is 258 Å². The van der Waals surface area contributed by atoms with Crippen molar-refractivity contribution in [1.29, 1.82) is 15.8 Å². The van der Waals surface area contributed by atoms with Gasteiger partial charge in [-0.3, -0.25) is 5.32 Å². The summed E-state index contributed by atoms with van der Waals surface area (Å²) in [6, 6.07) is 6.72. The Hall–Kier alpha value is -0.640. The maximum atomic E-state index is 8.39. The smallest absolute Gasteiger partial charge is 0.168 e. The summed E-state index contributed by atoms with van der Waals surface area (Å²) in [5.41, 5.74) is 0. The second kappa shape index (κ2) is 34.8. The van der Waals surface area contributed by atoms with Crippen molar-refractivity contribution in [2.45, 2.75) is 57.1 Å². The summed E-state index contributed by atoms with van der Waals surface area (Å²) in [7, 11) is 3.22. The van der Waals surface area contributed by atoms with Crippen molar-refractivity contribution in [3.05, 3.63) is 0 Å². The van der Waals surface area contributed by atoms with Gasteiger partial charge < -0.3 is 42.5 Å². The number of nitrogens with zero attached hydrogens (tertiary/aromatic N) is 3. The molecule has 0 heterocycles. The van der Waals surface area contributed by atoms with Crippen LogP contribution >= 0.6 is 25.1 Å². The molecule has 0 bridgehead atoms. The van der Waals surface area contributed by atoms with Crippen LogP contribution in [-0.2, 0) is 31.9 Å². The first-order valence-corrected chi connectivity index (χ1v) is 18.9. The van der Waals surface area contributed by atoms with Gasteiger partial charge in [0, 0.05) is 32.6 Å². The SMILES string of the molecule is CNC1CCC(OP(C)OCCC#N)CC1.CNCCOCCOP(C)OCCC#N.CNCOP(C)OCCC#N. The quantitative estimate of drug-likeness (QED) is 0.0843. The minimum absolute atomic E-state index is 0.350. The van der Waals surface area contributed by atoms with E-state index in [9.17, 15) is 0 Å². The van der Waals surface area contributed by atoms with E-state index in [4.69, 9.17) is 47.7 Å². The molecule has 0 amide bonds. The zero-order chi connectivity index (χ0) is 31.7. The molecule has 1 aliphatic rings. The standard InChI is InChI=1S/C11H21N2O2P.C9H19N2O3P.C6H13N2O2P/c1-13-10-4-6-11(7-5-10)15-16(2)14-9-3-8-12;1-11-5-7-12-8-9-14-15(2)13-6-3-4-10;1-8-6-10-11(2)9-5-3-4-7/h10-11,13H,3-7,9H2,1-2H3;11H,3,5-9H2,1-2H3;8H,3,5-6H2,1-2H3. The van der Waals surface area contributed by atoms with E-state index in [-0.39, 0.29) is 0 Å². The van der Waals surface area contributed by atoms with E-state index in [0.717, 1.165) is 19.4 Å². The molecule has 16 heteroatoms. The minimum Gasteiger partial charge on any atom is -0.378 e. The van der Waals surface area contributed by atoms with Crippen molar-refractivity contribution < 1.29 is 31.9 Å². The first-order valence-electron chi connectivity index (χ1n) is 14.1. The molecule has 3 N–H and O–H groups in total.